The largest absolute Gasteiger partial charge is 0.496 e. The number of methoxy groups -OCH3 is 1. The molecule has 0 spiro atoms. The molecule has 0 saturated heterocycles. The van der Waals surface area contributed by atoms with Crippen LogP contribution in [0.5, 0.6) is 5.75 Å². The van der Waals surface area contributed by atoms with Crippen molar-refractivity contribution in [3.05, 3.63) is 28.8 Å². The highest BCUT2D eigenvalue weighted by atomic mass is 16.5. The molecule has 0 fully saturated rings. The fourth-order valence-electron chi connectivity index (χ4n) is 1.70. The molecule has 0 unspecified atom stereocenters. The normalized spacial score (nSPS) is 13.7. The number of hydrogen-bond donors (Lipinski definition) is 1. The number of nitrogens with two attached hydrogens (primary N) is 1. The van der Waals surface area contributed by atoms with Gasteiger partial charge in [-0.1, -0.05) is 0 Å². The van der Waals surface area contributed by atoms with Gasteiger partial charge in [0.1, 0.15) is 5.75 Å². The van der Waals surface area contributed by atoms with E-state index in [9.17, 15) is 4.79 Å². The first-order valence-corrected chi connectivity index (χ1v) is 4.77. The fourth-order valence-corrected chi connectivity index (χ4v) is 1.70. The van der Waals surface area contributed by atoms with Crippen molar-refractivity contribution in [2.45, 2.75) is 13.2 Å². The van der Waals surface area contributed by atoms with E-state index in [0.717, 1.165) is 11.1 Å². The number of Topliss-reactive ketones (excluding diaryl/α,β-unsaturated/α-hetero) is 1. The lowest BCUT2D eigenvalue weighted by Crippen LogP contribution is -2.15. The number of carbonyl (C=O) groups is 1. The van der Waals surface area contributed by atoms with Crippen LogP contribution in [0.3, 0.4) is 0 Å². The van der Waals surface area contributed by atoms with E-state index in [1.807, 2.05) is 12.1 Å². The Balaban J connectivity index is 2.48. The van der Waals surface area contributed by atoms with E-state index < -0.39 is 0 Å². The number of ketones is 1. The van der Waals surface area contributed by atoms with Crippen LogP contribution >= 0.6 is 0 Å². The quantitative estimate of drug-likeness (QED) is 0.747. The third-order valence-corrected chi connectivity index (χ3v) is 2.52. The predicted octanol–water partition coefficient (Wildman–Crippen LogP) is 0.867. The van der Waals surface area contributed by atoms with Crippen LogP contribution in [0.15, 0.2) is 12.1 Å². The molecule has 2 N–H and O–H groups in total. The third kappa shape index (κ3) is 1.73. The number of hydrogen-bond acceptors (Lipinski definition) is 4. The Morgan fingerprint density at radius 3 is 2.73 bits per heavy atom. The van der Waals surface area contributed by atoms with Gasteiger partial charge < -0.3 is 15.2 Å². The van der Waals surface area contributed by atoms with Crippen molar-refractivity contribution in [2.75, 3.05) is 13.7 Å². The molecule has 0 amide bonds. The molecule has 0 aromatic heterocycles. The molecule has 1 heterocycles. The number of carbonyl (C=O) groups excluding carboxylic acids is 1. The second kappa shape index (κ2) is 4.00. The third-order valence-electron chi connectivity index (χ3n) is 2.52. The fraction of sp³-hybridized carbons (Fsp3) is 0.364. The smallest absolute Gasteiger partial charge is 0.180 e. The van der Waals surface area contributed by atoms with Crippen molar-refractivity contribution in [3.63, 3.8) is 0 Å². The van der Waals surface area contributed by atoms with Gasteiger partial charge in [-0.05, 0) is 23.3 Å². The summed E-state index contributed by atoms with van der Waals surface area (Å²) in [5.74, 6) is 0.469. The number of ether oxygens (including phenoxy) is 2. The lowest BCUT2D eigenvalue weighted by molar-refractivity contribution is 0.0998. The van der Waals surface area contributed by atoms with Crippen molar-refractivity contribution in [2.24, 2.45) is 5.73 Å². The Kier molecular flexibility index (Phi) is 2.70. The molecule has 1 aromatic carbocycles. The van der Waals surface area contributed by atoms with Crippen molar-refractivity contribution in [3.8, 4) is 5.75 Å². The molecule has 4 nitrogen and oxygen atoms in total. The molecule has 1 aliphatic heterocycles. The molecule has 2 rings (SSSR count). The second-order valence-corrected chi connectivity index (χ2v) is 3.44. The summed E-state index contributed by atoms with van der Waals surface area (Å²) in [5, 5.41) is 0. The molecule has 0 radical (unpaired) electrons. The lowest BCUT2D eigenvalue weighted by atomic mass is 10.0. The average Bonchev–Trinajstić information content (AvgIpc) is 2.73. The van der Waals surface area contributed by atoms with Crippen LogP contribution in [-0.4, -0.2) is 19.4 Å². The zero-order valence-corrected chi connectivity index (χ0v) is 8.58. The van der Waals surface area contributed by atoms with Crippen molar-refractivity contribution >= 4 is 5.78 Å². The van der Waals surface area contributed by atoms with E-state index in [1.165, 1.54) is 0 Å². The molecule has 0 bridgehead atoms. The van der Waals surface area contributed by atoms with E-state index >= 15 is 0 Å². The summed E-state index contributed by atoms with van der Waals surface area (Å²) in [5.41, 5.74) is 8.01. The summed E-state index contributed by atoms with van der Waals surface area (Å²) < 4.78 is 10.4. The topological polar surface area (TPSA) is 61.5 Å². The van der Waals surface area contributed by atoms with Crippen LogP contribution in [0.2, 0.25) is 0 Å². The van der Waals surface area contributed by atoms with Crippen LogP contribution < -0.4 is 10.5 Å². The predicted molar refractivity (Wildman–Crippen MR) is 54.9 cm³/mol. The van der Waals surface area contributed by atoms with Crippen LogP contribution in [0, 0.1) is 0 Å². The molecular weight excluding hydrogens is 194 g/mol. The molecule has 0 aliphatic carbocycles. The van der Waals surface area contributed by atoms with Crippen molar-refractivity contribution in [1.29, 1.82) is 0 Å². The summed E-state index contributed by atoms with van der Waals surface area (Å²) in [4.78, 5) is 11.5. The van der Waals surface area contributed by atoms with Gasteiger partial charge in [0.15, 0.2) is 5.78 Å². The Morgan fingerprint density at radius 1 is 1.47 bits per heavy atom. The van der Waals surface area contributed by atoms with E-state index in [4.69, 9.17) is 15.2 Å². The molecule has 80 valence electrons. The Hall–Kier alpha value is -1.39. The number of fused-ring (bicyclic) bond motifs is 1. The highest BCUT2D eigenvalue weighted by Crippen LogP contribution is 2.28. The molecule has 1 aromatic rings. The molecule has 0 saturated carbocycles. The van der Waals surface area contributed by atoms with Gasteiger partial charge in [-0.3, -0.25) is 4.79 Å². The summed E-state index contributed by atoms with van der Waals surface area (Å²) >= 11 is 0. The van der Waals surface area contributed by atoms with Gasteiger partial charge in [0, 0.05) is 0 Å². The molecular formula is C11H13NO3. The van der Waals surface area contributed by atoms with Gasteiger partial charge in [-0.15, -0.1) is 0 Å². The zero-order chi connectivity index (χ0) is 10.8. The van der Waals surface area contributed by atoms with E-state index in [-0.39, 0.29) is 12.3 Å². The highest BCUT2D eigenvalue weighted by molar-refractivity contribution is 6.00. The SMILES string of the molecule is COc1cc2c(cc1C(=O)CN)COC2. The van der Waals surface area contributed by atoms with E-state index in [2.05, 4.69) is 0 Å². The first-order chi connectivity index (χ1) is 7.26. The first-order valence-electron chi connectivity index (χ1n) is 4.77. The minimum absolute atomic E-state index is 0.00396. The molecule has 15 heavy (non-hydrogen) atoms. The first kappa shape index (κ1) is 10.1. The number of benzene rings is 1. The molecule has 4 heteroatoms. The maximum Gasteiger partial charge on any atom is 0.180 e. The monoisotopic (exact) mass is 207 g/mol. The van der Waals surface area contributed by atoms with Crippen LogP contribution in [0.4, 0.5) is 0 Å². The van der Waals surface area contributed by atoms with Gasteiger partial charge in [-0.25, -0.2) is 0 Å². The summed E-state index contributed by atoms with van der Waals surface area (Å²) in [6, 6.07) is 3.67. The van der Waals surface area contributed by atoms with E-state index in [0.29, 0.717) is 24.5 Å². The van der Waals surface area contributed by atoms with Crippen LogP contribution in [0.25, 0.3) is 0 Å². The average molecular weight is 207 g/mol. The van der Waals surface area contributed by atoms with Gasteiger partial charge in [0.25, 0.3) is 0 Å². The lowest BCUT2D eigenvalue weighted by Gasteiger charge is -2.08. The van der Waals surface area contributed by atoms with Crippen LogP contribution in [0.1, 0.15) is 21.5 Å². The van der Waals surface area contributed by atoms with Gasteiger partial charge >= 0.3 is 0 Å². The maximum atomic E-state index is 11.5. The van der Waals surface area contributed by atoms with Crippen LogP contribution in [-0.2, 0) is 18.0 Å². The molecule has 1 aliphatic rings. The maximum absolute atomic E-state index is 11.5. The van der Waals surface area contributed by atoms with Gasteiger partial charge in [-0.2, -0.15) is 0 Å². The summed E-state index contributed by atoms with van der Waals surface area (Å²) in [6.45, 7) is 1.14. The Bertz CT molecular complexity index is 401. The minimum atomic E-state index is -0.110. The van der Waals surface area contributed by atoms with Gasteiger partial charge in [0.2, 0.25) is 0 Å². The Labute approximate surface area is 88.0 Å². The summed E-state index contributed by atoms with van der Waals surface area (Å²) in [7, 11) is 1.55. The standard InChI is InChI=1S/C11H13NO3/c1-14-11-3-8-6-15-5-7(8)2-9(11)10(13)4-12/h2-3H,4-6,12H2,1H3. The van der Waals surface area contributed by atoms with Gasteiger partial charge in [0.05, 0.1) is 32.4 Å². The van der Waals surface area contributed by atoms with Crippen molar-refractivity contribution in [1.82, 2.24) is 0 Å². The van der Waals surface area contributed by atoms with Crippen molar-refractivity contribution < 1.29 is 14.3 Å². The molecule has 0 atom stereocenters. The number of rotatable bonds is 3. The minimum Gasteiger partial charge on any atom is -0.496 e. The second-order valence-electron chi connectivity index (χ2n) is 3.44. The highest BCUT2D eigenvalue weighted by Gasteiger charge is 2.18. The zero-order valence-electron chi connectivity index (χ0n) is 8.58. The summed E-state index contributed by atoms with van der Waals surface area (Å²) in [6.07, 6.45) is 0. The van der Waals surface area contributed by atoms with E-state index in [1.54, 1.807) is 7.11 Å². The Morgan fingerprint density at radius 2 is 2.13 bits per heavy atom.